The van der Waals surface area contributed by atoms with Crippen LogP contribution in [0.1, 0.15) is 18.4 Å². The Morgan fingerprint density at radius 3 is 2.57 bits per heavy atom. The number of carbonyl (C=O) groups is 1. The molecule has 118 valence electrons. The summed E-state index contributed by atoms with van der Waals surface area (Å²) in [4.78, 5) is 14.0. The highest BCUT2D eigenvalue weighted by molar-refractivity contribution is 5.85. The molecule has 5 nitrogen and oxygen atoms in total. The summed E-state index contributed by atoms with van der Waals surface area (Å²) in [5.41, 5.74) is 6.63. The number of ether oxygens (including phenoxy) is 2. The number of hydrogen-bond donors (Lipinski definition) is 1. The van der Waals surface area contributed by atoms with Crippen molar-refractivity contribution in [3.63, 3.8) is 0 Å². The number of methoxy groups -OCH3 is 1. The highest BCUT2D eigenvalue weighted by Crippen LogP contribution is 2.21. The number of nitrogens with zero attached hydrogens (tertiary/aromatic N) is 1. The van der Waals surface area contributed by atoms with Crippen LogP contribution in [0, 0.1) is 0 Å². The number of amides is 1. The SMILES string of the molecule is COc1ccc(CN(C)C(=O)[C@@H]2CC[C@H](CN)O2)cc1.Cl. The second kappa shape index (κ2) is 8.22. The number of likely N-dealkylation sites (N-methyl/N-ethyl adjacent to an activating group) is 1. The van der Waals surface area contributed by atoms with Gasteiger partial charge in [0.25, 0.3) is 5.91 Å². The van der Waals surface area contributed by atoms with Crippen LogP contribution in [-0.4, -0.2) is 43.7 Å². The first-order valence-electron chi connectivity index (χ1n) is 6.87. The van der Waals surface area contributed by atoms with Gasteiger partial charge in [-0.3, -0.25) is 4.79 Å². The summed E-state index contributed by atoms with van der Waals surface area (Å²) in [6.07, 6.45) is 1.31. The van der Waals surface area contributed by atoms with Gasteiger partial charge in [0.2, 0.25) is 0 Å². The van der Waals surface area contributed by atoms with Crippen molar-refractivity contribution in [1.82, 2.24) is 4.90 Å². The molecule has 1 aliphatic rings. The first-order chi connectivity index (χ1) is 9.63. The molecular weight excluding hydrogens is 292 g/mol. The van der Waals surface area contributed by atoms with Gasteiger partial charge >= 0.3 is 0 Å². The summed E-state index contributed by atoms with van der Waals surface area (Å²) >= 11 is 0. The first-order valence-corrected chi connectivity index (χ1v) is 6.87. The van der Waals surface area contributed by atoms with E-state index in [-0.39, 0.29) is 30.5 Å². The van der Waals surface area contributed by atoms with Gasteiger partial charge in [0, 0.05) is 20.1 Å². The summed E-state index contributed by atoms with van der Waals surface area (Å²) in [6.45, 7) is 1.04. The lowest BCUT2D eigenvalue weighted by Crippen LogP contribution is -2.36. The minimum atomic E-state index is -0.341. The van der Waals surface area contributed by atoms with Gasteiger partial charge in [-0.25, -0.2) is 0 Å². The molecule has 1 aromatic carbocycles. The molecule has 6 heteroatoms. The van der Waals surface area contributed by atoms with Crippen molar-refractivity contribution in [1.29, 1.82) is 0 Å². The molecule has 0 aliphatic carbocycles. The Balaban J connectivity index is 0.00000220. The molecule has 1 fully saturated rings. The zero-order chi connectivity index (χ0) is 14.5. The molecule has 21 heavy (non-hydrogen) atoms. The maximum atomic E-state index is 12.3. The summed E-state index contributed by atoms with van der Waals surface area (Å²) in [5.74, 6) is 0.837. The molecule has 2 atom stereocenters. The molecule has 0 radical (unpaired) electrons. The van der Waals surface area contributed by atoms with E-state index in [0.717, 1.165) is 24.2 Å². The lowest BCUT2D eigenvalue weighted by atomic mass is 10.1. The molecule has 1 saturated heterocycles. The van der Waals surface area contributed by atoms with E-state index in [1.807, 2.05) is 24.3 Å². The van der Waals surface area contributed by atoms with E-state index < -0.39 is 0 Å². The van der Waals surface area contributed by atoms with E-state index in [0.29, 0.717) is 13.1 Å². The maximum Gasteiger partial charge on any atom is 0.251 e. The molecule has 0 saturated carbocycles. The quantitative estimate of drug-likeness (QED) is 0.896. The monoisotopic (exact) mass is 314 g/mol. The van der Waals surface area contributed by atoms with Crippen molar-refractivity contribution in [2.45, 2.75) is 31.6 Å². The van der Waals surface area contributed by atoms with E-state index in [1.165, 1.54) is 0 Å². The van der Waals surface area contributed by atoms with Crippen molar-refractivity contribution in [2.75, 3.05) is 20.7 Å². The van der Waals surface area contributed by atoms with Crippen molar-refractivity contribution in [3.05, 3.63) is 29.8 Å². The Kier molecular flexibility index (Phi) is 6.95. The van der Waals surface area contributed by atoms with Gasteiger partial charge < -0.3 is 20.1 Å². The minimum Gasteiger partial charge on any atom is -0.497 e. The molecule has 2 N–H and O–H groups in total. The van der Waals surface area contributed by atoms with Gasteiger partial charge in [0.1, 0.15) is 11.9 Å². The number of carbonyl (C=O) groups excluding carboxylic acids is 1. The Labute approximate surface area is 131 Å². The van der Waals surface area contributed by atoms with Crippen LogP contribution in [0.5, 0.6) is 5.75 Å². The molecule has 0 spiro atoms. The molecule has 2 rings (SSSR count). The number of benzene rings is 1. The molecule has 1 amide bonds. The molecule has 1 aromatic rings. The smallest absolute Gasteiger partial charge is 0.251 e. The third kappa shape index (κ3) is 4.59. The highest BCUT2D eigenvalue weighted by atomic mass is 35.5. The van der Waals surface area contributed by atoms with Crippen LogP contribution in [0.15, 0.2) is 24.3 Å². The fourth-order valence-corrected chi connectivity index (χ4v) is 2.39. The van der Waals surface area contributed by atoms with Crippen molar-refractivity contribution in [3.8, 4) is 5.75 Å². The number of hydrogen-bond acceptors (Lipinski definition) is 4. The standard InChI is InChI=1S/C15H22N2O3.ClH/c1-17(10-11-3-5-12(19-2)6-4-11)15(18)14-8-7-13(9-16)20-14;/h3-6,13-14H,7-10,16H2,1-2H3;1H/t13-,14+;/m1./s1. The summed E-state index contributed by atoms with van der Waals surface area (Å²) in [6, 6.07) is 7.70. The van der Waals surface area contributed by atoms with E-state index in [4.69, 9.17) is 15.2 Å². The van der Waals surface area contributed by atoms with Gasteiger partial charge in [0.15, 0.2) is 0 Å². The van der Waals surface area contributed by atoms with E-state index >= 15 is 0 Å². The van der Waals surface area contributed by atoms with Gasteiger partial charge in [-0.2, -0.15) is 0 Å². The Hall–Kier alpha value is -1.30. The molecule has 1 aliphatic heterocycles. The Morgan fingerprint density at radius 2 is 2.05 bits per heavy atom. The fraction of sp³-hybridized carbons (Fsp3) is 0.533. The molecule has 0 aromatic heterocycles. The molecular formula is C15H23ClN2O3. The van der Waals surface area contributed by atoms with E-state index in [9.17, 15) is 4.79 Å². The van der Waals surface area contributed by atoms with Gasteiger partial charge in [-0.05, 0) is 30.5 Å². The minimum absolute atomic E-state index is 0. The third-order valence-electron chi connectivity index (χ3n) is 3.60. The Morgan fingerprint density at radius 1 is 1.38 bits per heavy atom. The average Bonchev–Trinajstić information content (AvgIpc) is 2.96. The van der Waals surface area contributed by atoms with Gasteiger partial charge in [0.05, 0.1) is 13.2 Å². The highest BCUT2D eigenvalue weighted by Gasteiger charge is 2.31. The molecule has 0 unspecified atom stereocenters. The van der Waals surface area contributed by atoms with Crippen LogP contribution in [0.25, 0.3) is 0 Å². The van der Waals surface area contributed by atoms with Crippen LogP contribution in [0.2, 0.25) is 0 Å². The number of rotatable bonds is 5. The van der Waals surface area contributed by atoms with Crippen LogP contribution in [0.3, 0.4) is 0 Å². The topological polar surface area (TPSA) is 64.8 Å². The first kappa shape index (κ1) is 17.8. The molecule has 0 bridgehead atoms. The van der Waals surface area contributed by atoms with Crippen molar-refractivity contribution >= 4 is 18.3 Å². The van der Waals surface area contributed by atoms with Crippen molar-refractivity contribution in [2.24, 2.45) is 5.73 Å². The van der Waals surface area contributed by atoms with Crippen LogP contribution in [-0.2, 0) is 16.1 Å². The predicted octanol–water partition coefficient (Wildman–Crippen LogP) is 1.58. The maximum absolute atomic E-state index is 12.3. The van der Waals surface area contributed by atoms with Crippen LogP contribution in [0.4, 0.5) is 0 Å². The lowest BCUT2D eigenvalue weighted by molar-refractivity contribution is -0.141. The summed E-state index contributed by atoms with van der Waals surface area (Å²) < 4.78 is 10.7. The zero-order valence-corrected chi connectivity index (χ0v) is 13.3. The predicted molar refractivity (Wildman–Crippen MR) is 83.7 cm³/mol. The van der Waals surface area contributed by atoms with Crippen LogP contribution < -0.4 is 10.5 Å². The van der Waals surface area contributed by atoms with E-state index in [1.54, 1.807) is 19.1 Å². The van der Waals surface area contributed by atoms with Gasteiger partial charge in [-0.1, -0.05) is 12.1 Å². The largest absolute Gasteiger partial charge is 0.497 e. The number of nitrogens with two attached hydrogens (primary N) is 1. The Bertz CT molecular complexity index is 453. The number of halogens is 1. The second-order valence-electron chi connectivity index (χ2n) is 5.10. The van der Waals surface area contributed by atoms with Crippen molar-refractivity contribution < 1.29 is 14.3 Å². The van der Waals surface area contributed by atoms with Gasteiger partial charge in [-0.15, -0.1) is 12.4 Å². The normalized spacial score (nSPS) is 20.7. The average molecular weight is 315 g/mol. The zero-order valence-electron chi connectivity index (χ0n) is 12.5. The second-order valence-corrected chi connectivity index (χ2v) is 5.10. The lowest BCUT2D eigenvalue weighted by Gasteiger charge is -2.21. The van der Waals surface area contributed by atoms with Crippen LogP contribution >= 0.6 is 12.4 Å². The fourth-order valence-electron chi connectivity index (χ4n) is 2.39. The molecule has 1 heterocycles. The van der Waals surface area contributed by atoms with E-state index in [2.05, 4.69) is 0 Å². The third-order valence-corrected chi connectivity index (χ3v) is 3.60. The summed E-state index contributed by atoms with van der Waals surface area (Å²) in [5, 5.41) is 0. The summed E-state index contributed by atoms with van der Waals surface area (Å²) in [7, 11) is 3.43.